The fourth-order valence-electron chi connectivity index (χ4n) is 10.6. The summed E-state index contributed by atoms with van der Waals surface area (Å²) in [7, 11) is 9.51. The summed E-state index contributed by atoms with van der Waals surface area (Å²) in [6.45, 7) is 23.6. The summed E-state index contributed by atoms with van der Waals surface area (Å²) < 4.78 is 23.2. The molecule has 0 spiro atoms. The predicted octanol–water partition coefficient (Wildman–Crippen LogP) is 2.24. The molecule has 0 aromatic carbocycles. The Hall–Kier alpha value is -6.17. The van der Waals surface area contributed by atoms with E-state index >= 15 is 9.59 Å². The van der Waals surface area contributed by atoms with Gasteiger partial charge in [-0.15, -0.1) is 0 Å². The van der Waals surface area contributed by atoms with Gasteiger partial charge in [-0.3, -0.25) is 52.7 Å². The van der Waals surface area contributed by atoms with Crippen LogP contribution in [0.25, 0.3) is 0 Å². The highest BCUT2D eigenvalue weighted by Gasteiger charge is 2.45. The Labute approximate surface area is 517 Å². The minimum absolute atomic E-state index is 0.0764. The van der Waals surface area contributed by atoms with Crippen molar-refractivity contribution in [1.82, 2.24) is 55.6 Å². The number of amides is 11. The van der Waals surface area contributed by atoms with E-state index < -0.39 is 168 Å². The molecule has 1 saturated heterocycles. The molecule has 1 heterocycles. The van der Waals surface area contributed by atoms with Gasteiger partial charge in [0.25, 0.3) is 0 Å². The second kappa shape index (κ2) is 35.6. The third-order valence-electron chi connectivity index (χ3n) is 16.0. The summed E-state index contributed by atoms with van der Waals surface area (Å²) in [5.74, 6) is -11.2. The summed E-state index contributed by atoms with van der Waals surface area (Å²) in [5.41, 5.74) is 0. The Morgan fingerprint density at radius 3 is 1.37 bits per heavy atom. The van der Waals surface area contributed by atoms with Crippen LogP contribution in [0.3, 0.4) is 0 Å². The number of likely N-dealkylation sites (N-methyl/N-ethyl adjacent to an activating group) is 7. The summed E-state index contributed by atoms with van der Waals surface area (Å²) in [6, 6.07) is -14.0. The molecular formula is C62H111N11O13. The molecular weight excluding hydrogens is 1110 g/mol. The topological polar surface area (TPSA) is 299 Å². The molecule has 24 nitrogen and oxygen atoms in total. The molecule has 24 heteroatoms. The van der Waals surface area contributed by atoms with Crippen LogP contribution in [0.4, 0.5) is 0 Å². The quantitative estimate of drug-likeness (QED) is 0.121. The van der Waals surface area contributed by atoms with Gasteiger partial charge in [-0.2, -0.15) is 0 Å². The van der Waals surface area contributed by atoms with Gasteiger partial charge in [0.15, 0.2) is 0 Å². The molecule has 0 saturated carbocycles. The van der Waals surface area contributed by atoms with Crippen molar-refractivity contribution in [2.24, 2.45) is 41.4 Å². The normalized spacial score (nSPS) is 27.5. The van der Waals surface area contributed by atoms with Crippen LogP contribution in [0.5, 0.6) is 0 Å². The number of rotatable bonds is 16. The van der Waals surface area contributed by atoms with E-state index in [0.717, 1.165) is 25.7 Å². The highest BCUT2D eigenvalue weighted by atomic mass is 16.3. The van der Waals surface area contributed by atoms with Crippen LogP contribution in [0.15, 0.2) is 12.1 Å². The number of hydrogen-bond donors (Lipinski definition) is 6. The second-order valence-corrected chi connectivity index (χ2v) is 26.0. The number of nitrogens with one attached hydrogen (secondary N) is 4. The molecule has 0 radical (unpaired) electrons. The van der Waals surface area contributed by atoms with Crippen LogP contribution in [0, 0.1) is 41.4 Å². The molecule has 1 fully saturated rings. The Kier molecular flexibility index (Phi) is 29.9. The predicted molar refractivity (Wildman–Crippen MR) is 330 cm³/mol. The van der Waals surface area contributed by atoms with Crippen molar-refractivity contribution in [3.05, 3.63) is 12.1 Å². The first-order chi connectivity index (χ1) is 40.8. The van der Waals surface area contributed by atoms with Gasteiger partial charge in [-0.25, -0.2) is 0 Å². The third-order valence-corrected chi connectivity index (χ3v) is 16.0. The number of nitrogens with zero attached hydrogens (tertiary/aromatic N) is 7. The first-order valence-electron chi connectivity index (χ1n) is 31.9. The molecule has 6 N–H and O–H groups in total. The zero-order chi connectivity index (χ0) is 69.3. The van der Waals surface area contributed by atoms with Crippen molar-refractivity contribution in [3.63, 3.8) is 0 Å². The zero-order valence-corrected chi connectivity index (χ0v) is 55.9. The minimum Gasteiger partial charge on any atom is -0.392 e. The largest absolute Gasteiger partial charge is 0.392 e. The van der Waals surface area contributed by atoms with Crippen molar-refractivity contribution in [1.29, 1.82) is 0 Å². The van der Waals surface area contributed by atoms with Gasteiger partial charge in [0.1, 0.15) is 60.4 Å². The van der Waals surface area contributed by atoms with Gasteiger partial charge in [-0.1, -0.05) is 109 Å². The Balaban J connectivity index is 4.39. The summed E-state index contributed by atoms with van der Waals surface area (Å²) in [4.78, 5) is 168. The SMILES string of the molecule is [2H]/C(=C\C[C@@H](C)[C@@H](O)[C@H]1C(=O)N[C@@H](CC)C(=O)N(C)CC(=O)N(C)[C@@H](CC(C)C)C(=O)N[C@@H](C(C)C)C(=O)N(C)[C@@H](CC(C)C)C(=O)N[C@@H](C)C(=O)N[C@H](C)C(=O)N(C)[C@@H](CC(C)C)C(=O)N(C)[C@@H](CC(C)C)C(=O)N(C)[C@@H](C(C)C)C(=O)N1C)C([2H])([2H])O. The zero-order valence-electron chi connectivity index (χ0n) is 58.9. The van der Waals surface area contributed by atoms with E-state index in [2.05, 4.69) is 21.3 Å². The highest BCUT2D eigenvalue weighted by Crippen LogP contribution is 2.26. The van der Waals surface area contributed by atoms with E-state index in [0.29, 0.717) is 0 Å². The number of aliphatic hydroxyl groups excluding tert-OH is 1. The van der Waals surface area contributed by atoms with E-state index in [9.17, 15) is 53.4 Å². The van der Waals surface area contributed by atoms with Crippen LogP contribution in [-0.2, 0) is 52.7 Å². The monoisotopic (exact) mass is 1220 g/mol. The van der Waals surface area contributed by atoms with Gasteiger partial charge < -0.3 is 65.8 Å². The standard InChI is InChI=1S/C62H111N11O13/c1-24-43-58(82)67(17)33-48(75)68(18)44(29-34(2)3)55(79)66-49(38(10)11)61(85)69(19)45(30-35(4)5)54(78)63-41(15)53(77)64-42(16)57(81)70(20)46(31-36(6)7)59(83)71(21)47(32-37(8)9)60(84)72(22)50(39(12)13)62(86)73(23)51(56(80)65-43)52(76)40(14)27-25-26-28-74/h25-26,34-47,49-52,74,76H,24,27-33H2,1-23H3,(H,63,78)(H,64,77)(H,65,80)(H,66,79)/b26-25+/t40-,41+,42-,43+,44+,45+,46+,47+,49+,50+,51+,52-/m1/s1/i26D,28D2. The number of aliphatic hydroxyl groups is 2. The molecule has 1 rings (SSSR count). The fourth-order valence-corrected chi connectivity index (χ4v) is 10.6. The smallest absolute Gasteiger partial charge is 0.246 e. The van der Waals surface area contributed by atoms with Crippen molar-refractivity contribution in [3.8, 4) is 0 Å². The van der Waals surface area contributed by atoms with Crippen molar-refractivity contribution in [2.75, 3.05) is 62.4 Å². The van der Waals surface area contributed by atoms with Crippen molar-refractivity contribution < 1.29 is 67.1 Å². The number of carbonyl (C=O) groups is 11. The lowest BCUT2D eigenvalue weighted by molar-refractivity contribution is -0.157. The maximum Gasteiger partial charge on any atom is 0.246 e. The van der Waals surface area contributed by atoms with E-state index in [4.69, 9.17) is 4.11 Å². The number of allylic oxidation sites excluding steroid dienone is 1. The van der Waals surface area contributed by atoms with E-state index in [-0.39, 0.29) is 62.2 Å². The Morgan fingerprint density at radius 1 is 0.500 bits per heavy atom. The average molecular weight is 1220 g/mol. The van der Waals surface area contributed by atoms with Gasteiger partial charge >= 0.3 is 0 Å². The average Bonchev–Trinajstić information content (AvgIpc) is 0.957. The van der Waals surface area contributed by atoms with Crippen LogP contribution < -0.4 is 21.3 Å². The Bertz CT molecular complexity index is 2490. The molecule has 0 aromatic heterocycles. The first-order valence-corrected chi connectivity index (χ1v) is 30.4. The van der Waals surface area contributed by atoms with Crippen LogP contribution in [0.2, 0.25) is 0 Å². The number of carbonyl (C=O) groups excluding carboxylic acids is 11. The summed E-state index contributed by atoms with van der Waals surface area (Å²) in [6.07, 6.45) is -0.715. The molecule has 1 aliphatic heterocycles. The lowest BCUT2D eigenvalue weighted by Crippen LogP contribution is -2.63. The summed E-state index contributed by atoms with van der Waals surface area (Å²) >= 11 is 0. The lowest BCUT2D eigenvalue weighted by Gasteiger charge is -2.41. The molecule has 0 aromatic rings. The maximum atomic E-state index is 15.2. The lowest BCUT2D eigenvalue weighted by atomic mass is 9.91. The summed E-state index contributed by atoms with van der Waals surface area (Å²) in [5, 5.41) is 32.8. The molecule has 492 valence electrons. The van der Waals surface area contributed by atoms with E-state index in [1.807, 2.05) is 55.4 Å². The first kappa shape index (κ1) is 72.3. The molecule has 1 aliphatic rings. The van der Waals surface area contributed by atoms with Gasteiger partial charge in [-0.05, 0) is 93.8 Å². The van der Waals surface area contributed by atoms with Gasteiger partial charge in [0.05, 0.1) is 23.3 Å². The highest BCUT2D eigenvalue weighted by molar-refractivity contribution is 5.99. The van der Waals surface area contributed by atoms with Crippen molar-refractivity contribution in [2.45, 2.75) is 216 Å². The molecule has 86 heavy (non-hydrogen) atoms. The van der Waals surface area contributed by atoms with Gasteiger partial charge in [0, 0.05) is 49.3 Å². The molecule has 0 bridgehead atoms. The van der Waals surface area contributed by atoms with Crippen molar-refractivity contribution >= 4 is 65.0 Å². The fraction of sp³-hybridized carbons (Fsp3) is 0.790. The van der Waals surface area contributed by atoms with Gasteiger partial charge in [0.2, 0.25) is 65.0 Å². The third kappa shape index (κ3) is 21.9. The number of hydrogen-bond acceptors (Lipinski definition) is 13. The van der Waals surface area contributed by atoms with E-state index in [1.54, 1.807) is 34.6 Å². The minimum atomic E-state index is -3.04. The second-order valence-electron chi connectivity index (χ2n) is 26.0. The Morgan fingerprint density at radius 2 is 0.919 bits per heavy atom. The molecule has 0 unspecified atom stereocenters. The molecule has 11 amide bonds. The maximum absolute atomic E-state index is 15.2. The van der Waals surface area contributed by atoms with Crippen LogP contribution in [-0.4, -0.2) is 238 Å². The molecule has 0 aliphatic carbocycles. The van der Waals surface area contributed by atoms with E-state index in [1.165, 1.54) is 84.8 Å². The van der Waals surface area contributed by atoms with Crippen LogP contribution in [0.1, 0.15) is 153 Å². The van der Waals surface area contributed by atoms with Crippen LogP contribution >= 0.6 is 0 Å². The molecule has 12 atom stereocenters.